The molecule has 1 heterocycles. The first-order valence-electron chi connectivity index (χ1n) is 6.48. The second-order valence-electron chi connectivity index (χ2n) is 4.47. The van der Waals surface area contributed by atoms with Gasteiger partial charge in [-0.2, -0.15) is 0 Å². The van der Waals surface area contributed by atoms with Crippen LogP contribution in [0.4, 0.5) is 0 Å². The van der Waals surface area contributed by atoms with Crippen LogP contribution in [0.2, 0.25) is 0 Å². The van der Waals surface area contributed by atoms with Gasteiger partial charge in [-0.05, 0) is 31.5 Å². The fourth-order valence-electron chi connectivity index (χ4n) is 2.08. The van der Waals surface area contributed by atoms with E-state index >= 15 is 0 Å². The average molecular weight is 330 g/mol. The lowest BCUT2D eigenvalue weighted by Gasteiger charge is -2.27. The van der Waals surface area contributed by atoms with Crippen LogP contribution in [0.1, 0.15) is 10.4 Å². The van der Waals surface area contributed by atoms with E-state index in [9.17, 15) is 13.2 Å². The normalized spacial score (nSPS) is 16.0. The molecule has 1 aromatic carbocycles. The van der Waals surface area contributed by atoms with Crippen molar-refractivity contribution in [1.29, 1.82) is 0 Å². The summed E-state index contributed by atoms with van der Waals surface area (Å²) in [6, 6.07) is 4.62. The topological polar surface area (TPSA) is 75.7 Å². The molecule has 0 spiro atoms. The number of hydrogen-bond donors (Lipinski definition) is 1. The van der Waals surface area contributed by atoms with Crippen LogP contribution in [0.15, 0.2) is 28.0 Å². The van der Waals surface area contributed by atoms with E-state index in [1.807, 2.05) is 6.26 Å². The van der Waals surface area contributed by atoms with Crippen LogP contribution in [-0.2, 0) is 14.8 Å². The molecule has 0 radical (unpaired) electrons. The zero-order valence-electron chi connectivity index (χ0n) is 12.0. The van der Waals surface area contributed by atoms with E-state index in [-0.39, 0.29) is 10.8 Å². The molecule has 1 aromatic rings. The minimum absolute atomic E-state index is 0.0967. The molecule has 0 aromatic heterocycles. The van der Waals surface area contributed by atoms with Gasteiger partial charge in [0.1, 0.15) is 0 Å². The number of ether oxygens (including phenoxy) is 1. The Labute approximate surface area is 128 Å². The lowest BCUT2D eigenvalue weighted by molar-refractivity contribution is 0.0300. The van der Waals surface area contributed by atoms with Crippen LogP contribution in [0.3, 0.4) is 0 Å². The molecule has 1 amide bonds. The summed E-state index contributed by atoms with van der Waals surface area (Å²) in [4.78, 5) is 15.1. The third-order valence-electron chi connectivity index (χ3n) is 3.28. The number of nitrogens with one attached hydrogen (secondary N) is 1. The molecular formula is C13H18N2O4S2. The molecule has 0 bridgehead atoms. The Morgan fingerprint density at radius 3 is 2.57 bits per heavy atom. The molecule has 8 heteroatoms. The molecule has 1 N–H and O–H groups in total. The fraction of sp³-hybridized carbons (Fsp3) is 0.462. The van der Waals surface area contributed by atoms with Gasteiger partial charge in [-0.15, -0.1) is 11.8 Å². The van der Waals surface area contributed by atoms with Gasteiger partial charge in [0.05, 0.1) is 23.7 Å². The molecule has 1 saturated heterocycles. The highest BCUT2D eigenvalue weighted by Crippen LogP contribution is 2.25. The van der Waals surface area contributed by atoms with E-state index in [2.05, 4.69) is 4.72 Å². The zero-order chi connectivity index (χ0) is 15.5. The van der Waals surface area contributed by atoms with E-state index in [1.54, 1.807) is 11.0 Å². The van der Waals surface area contributed by atoms with Gasteiger partial charge in [-0.3, -0.25) is 4.79 Å². The number of morpholine rings is 1. The number of rotatable bonds is 4. The molecule has 2 rings (SSSR count). The Kier molecular flexibility index (Phi) is 5.26. The zero-order valence-corrected chi connectivity index (χ0v) is 13.6. The second kappa shape index (κ2) is 6.78. The maximum atomic E-state index is 12.6. The van der Waals surface area contributed by atoms with Crippen LogP contribution < -0.4 is 4.72 Å². The van der Waals surface area contributed by atoms with Crippen LogP contribution in [0.25, 0.3) is 0 Å². The van der Waals surface area contributed by atoms with Crippen molar-refractivity contribution in [2.75, 3.05) is 39.6 Å². The Hall–Kier alpha value is -1.09. The minimum Gasteiger partial charge on any atom is -0.378 e. The smallest absolute Gasteiger partial charge is 0.255 e. The number of sulfonamides is 1. The van der Waals surface area contributed by atoms with Gasteiger partial charge in [-0.25, -0.2) is 13.1 Å². The highest BCUT2D eigenvalue weighted by molar-refractivity contribution is 7.98. The van der Waals surface area contributed by atoms with Gasteiger partial charge in [0, 0.05) is 18.0 Å². The molecule has 1 aliphatic rings. The summed E-state index contributed by atoms with van der Waals surface area (Å²) < 4.78 is 31.3. The van der Waals surface area contributed by atoms with Gasteiger partial charge < -0.3 is 9.64 Å². The molecule has 0 atom stereocenters. The van der Waals surface area contributed by atoms with Gasteiger partial charge in [-0.1, -0.05) is 0 Å². The van der Waals surface area contributed by atoms with Crippen LogP contribution in [0.5, 0.6) is 0 Å². The van der Waals surface area contributed by atoms with Gasteiger partial charge in [0.25, 0.3) is 5.91 Å². The van der Waals surface area contributed by atoms with Crippen molar-refractivity contribution in [3.8, 4) is 0 Å². The Morgan fingerprint density at radius 2 is 2.00 bits per heavy atom. The van der Waals surface area contributed by atoms with Crippen molar-refractivity contribution in [1.82, 2.24) is 9.62 Å². The van der Waals surface area contributed by atoms with E-state index in [0.29, 0.717) is 31.9 Å². The van der Waals surface area contributed by atoms with Crippen molar-refractivity contribution >= 4 is 27.7 Å². The molecule has 1 fully saturated rings. The van der Waals surface area contributed by atoms with Crippen LogP contribution in [0, 0.1) is 0 Å². The van der Waals surface area contributed by atoms with Gasteiger partial charge in [0.2, 0.25) is 10.0 Å². The van der Waals surface area contributed by atoms with Gasteiger partial charge in [0.15, 0.2) is 0 Å². The highest BCUT2D eigenvalue weighted by Gasteiger charge is 2.23. The van der Waals surface area contributed by atoms with E-state index < -0.39 is 10.0 Å². The fourth-order valence-corrected chi connectivity index (χ4v) is 3.40. The molecule has 116 valence electrons. The number of amides is 1. The maximum Gasteiger partial charge on any atom is 0.255 e. The summed E-state index contributed by atoms with van der Waals surface area (Å²) in [5, 5.41) is 0. The highest BCUT2D eigenvalue weighted by atomic mass is 32.2. The van der Waals surface area contributed by atoms with E-state index in [4.69, 9.17) is 4.74 Å². The van der Waals surface area contributed by atoms with Crippen molar-refractivity contribution in [3.63, 3.8) is 0 Å². The van der Waals surface area contributed by atoms with Crippen LogP contribution >= 0.6 is 11.8 Å². The standard InChI is InChI=1S/C13H18N2O4S2/c1-14-21(17,18)10-3-4-12(20-2)11(9-10)13(16)15-5-7-19-8-6-15/h3-4,9,14H,5-8H2,1-2H3. The number of hydrogen-bond acceptors (Lipinski definition) is 5. The first-order chi connectivity index (χ1) is 9.99. The Bertz CT molecular complexity index is 625. The third kappa shape index (κ3) is 3.57. The summed E-state index contributed by atoms with van der Waals surface area (Å²) in [5.74, 6) is -0.157. The number of thioether (sulfide) groups is 1. The molecule has 6 nitrogen and oxygen atoms in total. The summed E-state index contributed by atoms with van der Waals surface area (Å²) >= 11 is 1.42. The van der Waals surface area contributed by atoms with Crippen molar-refractivity contribution < 1.29 is 17.9 Å². The maximum absolute atomic E-state index is 12.6. The van der Waals surface area contributed by atoms with E-state index in [0.717, 1.165) is 4.90 Å². The minimum atomic E-state index is -3.56. The Morgan fingerprint density at radius 1 is 1.33 bits per heavy atom. The summed E-state index contributed by atoms with van der Waals surface area (Å²) in [6.07, 6.45) is 1.86. The lowest BCUT2D eigenvalue weighted by Crippen LogP contribution is -2.41. The molecule has 21 heavy (non-hydrogen) atoms. The monoisotopic (exact) mass is 330 g/mol. The molecular weight excluding hydrogens is 312 g/mol. The molecule has 0 aliphatic carbocycles. The van der Waals surface area contributed by atoms with Crippen molar-refractivity contribution in [3.05, 3.63) is 23.8 Å². The number of nitrogens with zero attached hydrogens (tertiary/aromatic N) is 1. The SMILES string of the molecule is CNS(=O)(=O)c1ccc(SC)c(C(=O)N2CCOCC2)c1. The largest absolute Gasteiger partial charge is 0.378 e. The average Bonchev–Trinajstić information content (AvgIpc) is 2.54. The number of carbonyl (C=O) groups is 1. The lowest BCUT2D eigenvalue weighted by atomic mass is 10.2. The first kappa shape index (κ1) is 16.3. The van der Waals surface area contributed by atoms with Gasteiger partial charge >= 0.3 is 0 Å². The summed E-state index contributed by atoms with van der Waals surface area (Å²) in [6.45, 7) is 2.06. The van der Waals surface area contributed by atoms with Crippen molar-refractivity contribution in [2.24, 2.45) is 0 Å². The predicted octanol–water partition coefficient (Wildman–Crippen LogP) is 0.789. The van der Waals surface area contributed by atoms with Crippen LogP contribution in [-0.4, -0.2) is 58.8 Å². The molecule has 1 aliphatic heterocycles. The molecule has 0 saturated carbocycles. The second-order valence-corrected chi connectivity index (χ2v) is 7.21. The third-order valence-corrected chi connectivity index (χ3v) is 5.49. The number of benzene rings is 1. The summed E-state index contributed by atoms with van der Waals surface area (Å²) in [5.41, 5.74) is 0.417. The summed E-state index contributed by atoms with van der Waals surface area (Å²) in [7, 11) is -2.22. The van der Waals surface area contributed by atoms with E-state index in [1.165, 1.54) is 30.9 Å². The Balaban J connectivity index is 2.40. The quantitative estimate of drug-likeness (QED) is 0.826. The number of carbonyl (C=O) groups excluding carboxylic acids is 1. The first-order valence-corrected chi connectivity index (χ1v) is 9.19. The molecule has 0 unspecified atom stereocenters. The van der Waals surface area contributed by atoms with Crippen molar-refractivity contribution in [2.45, 2.75) is 9.79 Å². The predicted molar refractivity (Wildman–Crippen MR) is 81.2 cm³/mol.